The molecular weight excluding hydrogens is 240 g/mol. The first-order chi connectivity index (χ1) is 9.22. The minimum absolute atomic E-state index is 0.000697. The lowest BCUT2D eigenvalue weighted by Gasteiger charge is -2.35. The highest BCUT2D eigenvalue weighted by Crippen LogP contribution is 2.23. The van der Waals surface area contributed by atoms with Gasteiger partial charge in [0.1, 0.15) is 0 Å². The van der Waals surface area contributed by atoms with Crippen LogP contribution in [0.1, 0.15) is 35.7 Å². The summed E-state index contributed by atoms with van der Waals surface area (Å²) in [6, 6.07) is 7.91. The Morgan fingerprint density at radius 1 is 1.37 bits per heavy atom. The molecule has 0 atom stereocenters. The number of nitrogens with two attached hydrogens (primary N) is 1. The van der Waals surface area contributed by atoms with Gasteiger partial charge in [-0.05, 0) is 50.4 Å². The van der Waals surface area contributed by atoms with E-state index >= 15 is 0 Å². The fourth-order valence-corrected chi connectivity index (χ4v) is 2.31. The summed E-state index contributed by atoms with van der Waals surface area (Å²) < 4.78 is 5.47. The summed E-state index contributed by atoms with van der Waals surface area (Å²) >= 11 is 0. The molecule has 0 bridgehead atoms. The Morgan fingerprint density at radius 2 is 2.05 bits per heavy atom. The number of amides is 1. The van der Waals surface area contributed by atoms with E-state index < -0.39 is 0 Å². The van der Waals surface area contributed by atoms with E-state index in [-0.39, 0.29) is 11.9 Å². The van der Waals surface area contributed by atoms with Crippen LogP contribution in [0.4, 0.5) is 0 Å². The smallest absolute Gasteiger partial charge is 0.251 e. The van der Waals surface area contributed by atoms with Crippen LogP contribution in [0.5, 0.6) is 0 Å². The Kier molecular flexibility index (Phi) is 4.93. The molecule has 0 aromatic heterocycles. The molecule has 1 saturated carbocycles. The highest BCUT2D eigenvalue weighted by molar-refractivity contribution is 5.94. The van der Waals surface area contributed by atoms with Crippen molar-refractivity contribution in [3.8, 4) is 0 Å². The zero-order valence-corrected chi connectivity index (χ0v) is 11.4. The van der Waals surface area contributed by atoms with Gasteiger partial charge < -0.3 is 15.8 Å². The Morgan fingerprint density at radius 3 is 2.63 bits per heavy atom. The average molecular weight is 262 g/mol. The van der Waals surface area contributed by atoms with Gasteiger partial charge in [0.2, 0.25) is 0 Å². The van der Waals surface area contributed by atoms with Crippen molar-refractivity contribution >= 4 is 5.91 Å². The van der Waals surface area contributed by atoms with E-state index in [1.807, 2.05) is 31.2 Å². The highest BCUT2D eigenvalue weighted by atomic mass is 16.5. The van der Waals surface area contributed by atoms with Crippen LogP contribution in [0.2, 0.25) is 0 Å². The van der Waals surface area contributed by atoms with E-state index in [0.717, 1.165) is 25.9 Å². The van der Waals surface area contributed by atoms with Crippen molar-refractivity contribution in [1.29, 1.82) is 0 Å². The molecule has 4 nitrogen and oxygen atoms in total. The van der Waals surface area contributed by atoms with Crippen LogP contribution in [0.25, 0.3) is 0 Å². The number of nitrogens with one attached hydrogen (secondary N) is 1. The molecule has 1 aromatic carbocycles. The maximum Gasteiger partial charge on any atom is 0.251 e. The van der Waals surface area contributed by atoms with Crippen LogP contribution in [-0.2, 0) is 11.2 Å². The zero-order chi connectivity index (χ0) is 13.7. The lowest BCUT2D eigenvalue weighted by Crippen LogP contribution is -2.47. The number of ether oxygens (including phenoxy) is 1. The SMILES string of the molecule is CCOC1CC(NC(=O)c2ccc(CCN)cc2)C1. The molecule has 104 valence electrons. The maximum absolute atomic E-state index is 12.0. The molecule has 2 rings (SSSR count). The lowest BCUT2D eigenvalue weighted by molar-refractivity contribution is -0.00862. The van der Waals surface area contributed by atoms with Gasteiger partial charge in [-0.1, -0.05) is 12.1 Å². The molecule has 19 heavy (non-hydrogen) atoms. The van der Waals surface area contributed by atoms with Crippen LogP contribution in [0.3, 0.4) is 0 Å². The Labute approximate surface area is 114 Å². The Balaban J connectivity index is 1.80. The average Bonchev–Trinajstić information content (AvgIpc) is 2.37. The van der Waals surface area contributed by atoms with Crippen molar-refractivity contribution in [1.82, 2.24) is 5.32 Å². The number of hydrogen-bond acceptors (Lipinski definition) is 3. The quantitative estimate of drug-likeness (QED) is 0.816. The van der Waals surface area contributed by atoms with Gasteiger partial charge in [-0.25, -0.2) is 0 Å². The summed E-state index contributed by atoms with van der Waals surface area (Å²) in [5.74, 6) is -0.000697. The van der Waals surface area contributed by atoms with Crippen LogP contribution < -0.4 is 11.1 Å². The topological polar surface area (TPSA) is 64.3 Å². The number of carbonyl (C=O) groups is 1. The molecule has 0 unspecified atom stereocenters. The number of rotatable bonds is 6. The van der Waals surface area contributed by atoms with E-state index in [4.69, 9.17) is 10.5 Å². The van der Waals surface area contributed by atoms with E-state index in [0.29, 0.717) is 18.2 Å². The van der Waals surface area contributed by atoms with E-state index in [2.05, 4.69) is 5.32 Å². The van der Waals surface area contributed by atoms with Gasteiger partial charge in [0.15, 0.2) is 0 Å². The largest absolute Gasteiger partial charge is 0.378 e. The summed E-state index contributed by atoms with van der Waals surface area (Å²) in [6.07, 6.45) is 3.01. The molecule has 0 radical (unpaired) electrons. The third-order valence-corrected chi connectivity index (χ3v) is 3.48. The van der Waals surface area contributed by atoms with Gasteiger partial charge in [-0.2, -0.15) is 0 Å². The second-order valence-electron chi connectivity index (χ2n) is 4.95. The van der Waals surface area contributed by atoms with Crippen molar-refractivity contribution in [3.63, 3.8) is 0 Å². The monoisotopic (exact) mass is 262 g/mol. The van der Waals surface area contributed by atoms with Crippen LogP contribution in [0.15, 0.2) is 24.3 Å². The van der Waals surface area contributed by atoms with E-state index in [9.17, 15) is 4.79 Å². The third-order valence-electron chi connectivity index (χ3n) is 3.48. The molecule has 1 aromatic rings. The van der Waals surface area contributed by atoms with Gasteiger partial charge in [0.25, 0.3) is 5.91 Å². The molecule has 0 aliphatic heterocycles. The standard InChI is InChI=1S/C15H22N2O2/c1-2-19-14-9-13(10-14)17-15(18)12-5-3-11(4-6-12)7-8-16/h3-6,13-14H,2,7-10,16H2,1H3,(H,17,18). The molecular formula is C15H22N2O2. The molecule has 4 heteroatoms. The maximum atomic E-state index is 12.0. The van der Waals surface area contributed by atoms with Gasteiger partial charge in [0.05, 0.1) is 6.10 Å². The number of benzene rings is 1. The second kappa shape index (κ2) is 6.68. The van der Waals surface area contributed by atoms with Crippen molar-refractivity contribution in [3.05, 3.63) is 35.4 Å². The Bertz CT molecular complexity index is 411. The zero-order valence-electron chi connectivity index (χ0n) is 11.4. The number of carbonyl (C=O) groups excluding carboxylic acids is 1. The fraction of sp³-hybridized carbons (Fsp3) is 0.533. The molecule has 0 saturated heterocycles. The van der Waals surface area contributed by atoms with Crippen LogP contribution in [-0.4, -0.2) is 31.2 Å². The molecule has 0 heterocycles. The predicted molar refractivity (Wildman–Crippen MR) is 75.1 cm³/mol. The summed E-state index contributed by atoms with van der Waals surface area (Å²) in [6.45, 7) is 3.37. The predicted octanol–water partition coefficient (Wildman–Crippen LogP) is 1.49. The third kappa shape index (κ3) is 3.78. The summed E-state index contributed by atoms with van der Waals surface area (Å²) in [5.41, 5.74) is 7.37. The van der Waals surface area contributed by atoms with Crippen molar-refractivity contribution in [2.45, 2.75) is 38.3 Å². The van der Waals surface area contributed by atoms with Gasteiger partial charge in [-0.3, -0.25) is 4.79 Å². The first-order valence-electron chi connectivity index (χ1n) is 6.94. The normalized spacial score (nSPS) is 21.8. The van der Waals surface area contributed by atoms with E-state index in [1.54, 1.807) is 0 Å². The van der Waals surface area contributed by atoms with E-state index in [1.165, 1.54) is 5.56 Å². The second-order valence-corrected chi connectivity index (χ2v) is 4.95. The fourth-order valence-electron chi connectivity index (χ4n) is 2.31. The lowest BCUT2D eigenvalue weighted by atomic mass is 9.89. The molecule has 3 N–H and O–H groups in total. The van der Waals surface area contributed by atoms with Gasteiger partial charge >= 0.3 is 0 Å². The minimum Gasteiger partial charge on any atom is -0.378 e. The van der Waals surface area contributed by atoms with Crippen molar-refractivity contribution in [2.75, 3.05) is 13.2 Å². The van der Waals surface area contributed by atoms with Crippen LogP contribution >= 0.6 is 0 Å². The summed E-state index contributed by atoms with van der Waals surface area (Å²) in [7, 11) is 0. The number of hydrogen-bond donors (Lipinski definition) is 2. The Hall–Kier alpha value is -1.39. The first kappa shape index (κ1) is 14.0. The molecule has 1 fully saturated rings. The summed E-state index contributed by atoms with van der Waals surface area (Å²) in [4.78, 5) is 12.0. The van der Waals surface area contributed by atoms with Gasteiger partial charge in [0, 0.05) is 18.2 Å². The van der Waals surface area contributed by atoms with Crippen molar-refractivity contribution in [2.24, 2.45) is 5.73 Å². The van der Waals surface area contributed by atoms with Crippen molar-refractivity contribution < 1.29 is 9.53 Å². The molecule has 1 aliphatic carbocycles. The molecule has 0 spiro atoms. The highest BCUT2D eigenvalue weighted by Gasteiger charge is 2.30. The molecule has 1 amide bonds. The van der Waals surface area contributed by atoms with Gasteiger partial charge in [-0.15, -0.1) is 0 Å². The summed E-state index contributed by atoms with van der Waals surface area (Å²) in [5, 5.41) is 3.03. The molecule has 1 aliphatic rings. The van der Waals surface area contributed by atoms with Crippen LogP contribution in [0, 0.1) is 0 Å². The first-order valence-corrected chi connectivity index (χ1v) is 6.94. The minimum atomic E-state index is -0.000697.